The number of likely N-dealkylation sites (tertiary alicyclic amines) is 1. The van der Waals surface area contributed by atoms with Crippen molar-refractivity contribution in [1.82, 2.24) is 9.80 Å². The summed E-state index contributed by atoms with van der Waals surface area (Å²) in [7, 11) is 0. The van der Waals surface area contributed by atoms with Crippen LogP contribution in [0.3, 0.4) is 0 Å². The molecule has 2 atom stereocenters. The maximum Gasteiger partial charge on any atom is 0.233 e. The minimum atomic E-state index is -0.308. The fraction of sp³-hybridized carbons (Fsp3) is 0.652. The fourth-order valence-corrected chi connectivity index (χ4v) is 4.94. The van der Waals surface area contributed by atoms with Crippen molar-refractivity contribution in [2.24, 2.45) is 5.92 Å². The van der Waals surface area contributed by atoms with Crippen LogP contribution in [0.2, 0.25) is 0 Å². The molecule has 1 aliphatic carbocycles. The topological polar surface area (TPSA) is 49.9 Å². The van der Waals surface area contributed by atoms with E-state index < -0.39 is 0 Å². The van der Waals surface area contributed by atoms with Crippen LogP contribution < -0.4 is 0 Å². The molecule has 5 nitrogen and oxygen atoms in total. The van der Waals surface area contributed by atoms with Gasteiger partial charge < -0.3 is 14.5 Å². The minimum Gasteiger partial charge on any atom is -0.372 e. The van der Waals surface area contributed by atoms with Gasteiger partial charge in [-0.05, 0) is 52.0 Å². The minimum absolute atomic E-state index is 0.0377. The zero-order chi connectivity index (χ0) is 19.9. The van der Waals surface area contributed by atoms with Crippen LogP contribution in [-0.4, -0.2) is 60.0 Å². The summed E-state index contributed by atoms with van der Waals surface area (Å²) in [6.45, 7) is 8.87. The van der Waals surface area contributed by atoms with Gasteiger partial charge >= 0.3 is 0 Å². The summed E-state index contributed by atoms with van der Waals surface area (Å²) in [5, 5.41) is 0. The van der Waals surface area contributed by atoms with E-state index in [0.717, 1.165) is 31.2 Å². The third-order valence-corrected chi connectivity index (χ3v) is 6.59. The van der Waals surface area contributed by atoms with E-state index in [1.54, 1.807) is 0 Å². The van der Waals surface area contributed by atoms with Gasteiger partial charge in [0.25, 0.3) is 0 Å². The highest BCUT2D eigenvalue weighted by Gasteiger charge is 2.53. The van der Waals surface area contributed by atoms with Crippen LogP contribution in [-0.2, 0) is 19.7 Å². The smallest absolute Gasteiger partial charge is 0.233 e. The van der Waals surface area contributed by atoms with Crippen molar-refractivity contribution in [2.75, 3.05) is 26.2 Å². The first-order valence-electron chi connectivity index (χ1n) is 10.7. The summed E-state index contributed by atoms with van der Waals surface area (Å²) >= 11 is 0. The molecule has 2 unspecified atom stereocenters. The molecule has 1 aromatic carbocycles. The first-order chi connectivity index (χ1) is 13.4. The molecular formula is C23H32N2O3. The average molecular weight is 385 g/mol. The molecule has 0 bridgehead atoms. The molecule has 2 aliphatic heterocycles. The summed E-state index contributed by atoms with van der Waals surface area (Å²) in [4.78, 5) is 30.2. The van der Waals surface area contributed by atoms with Gasteiger partial charge in [0.2, 0.25) is 11.8 Å². The number of rotatable bonds is 3. The molecule has 4 rings (SSSR count). The van der Waals surface area contributed by atoms with Crippen molar-refractivity contribution in [1.29, 1.82) is 0 Å². The van der Waals surface area contributed by atoms with Gasteiger partial charge in [0.05, 0.1) is 17.6 Å². The zero-order valence-corrected chi connectivity index (χ0v) is 17.3. The molecule has 0 spiro atoms. The second-order valence-corrected chi connectivity index (χ2v) is 9.02. The summed E-state index contributed by atoms with van der Waals surface area (Å²) < 4.78 is 5.75. The molecule has 1 saturated carbocycles. The number of aryl methyl sites for hydroxylation is 1. The maximum absolute atomic E-state index is 13.3. The fourth-order valence-electron chi connectivity index (χ4n) is 4.94. The Hall–Kier alpha value is -1.88. The third-order valence-electron chi connectivity index (χ3n) is 6.59. The predicted octanol–water partition coefficient (Wildman–Crippen LogP) is 2.90. The van der Waals surface area contributed by atoms with Crippen molar-refractivity contribution >= 4 is 11.8 Å². The standard InChI is InChI=1S/C23H32N2O3/c1-16-5-4-6-20(13-16)23(9-10-23)22(27)24-11-7-19(8-12-24)21(26)25-14-17(2)28-18(3)15-25/h4-6,13,17-19H,7-12,14-15H2,1-3H3. The van der Waals surface area contributed by atoms with Gasteiger partial charge in [-0.25, -0.2) is 0 Å². The Morgan fingerprint density at radius 2 is 1.68 bits per heavy atom. The number of carbonyl (C=O) groups is 2. The summed E-state index contributed by atoms with van der Waals surface area (Å²) in [5.74, 6) is 0.544. The van der Waals surface area contributed by atoms with Gasteiger partial charge in [-0.3, -0.25) is 9.59 Å². The van der Waals surface area contributed by atoms with E-state index in [2.05, 4.69) is 25.1 Å². The number of morpholine rings is 1. The second-order valence-electron chi connectivity index (χ2n) is 9.02. The van der Waals surface area contributed by atoms with Crippen LogP contribution in [0.25, 0.3) is 0 Å². The lowest BCUT2D eigenvalue weighted by atomic mass is 9.90. The van der Waals surface area contributed by atoms with Crippen LogP contribution in [0.5, 0.6) is 0 Å². The summed E-state index contributed by atoms with van der Waals surface area (Å²) in [6.07, 6.45) is 3.62. The molecule has 0 radical (unpaired) electrons. The number of hydrogen-bond acceptors (Lipinski definition) is 3. The Kier molecular flexibility index (Phi) is 5.21. The predicted molar refractivity (Wildman–Crippen MR) is 108 cm³/mol. The average Bonchev–Trinajstić information content (AvgIpc) is 3.48. The summed E-state index contributed by atoms with van der Waals surface area (Å²) in [6, 6.07) is 8.37. The lowest BCUT2D eigenvalue weighted by Gasteiger charge is -2.39. The Balaban J connectivity index is 1.36. The quantitative estimate of drug-likeness (QED) is 0.805. The monoisotopic (exact) mass is 384 g/mol. The van der Waals surface area contributed by atoms with Crippen molar-refractivity contribution in [3.63, 3.8) is 0 Å². The first kappa shape index (κ1) is 19.4. The number of ether oxygens (including phenoxy) is 1. The Bertz CT molecular complexity index is 740. The van der Waals surface area contributed by atoms with Crippen LogP contribution in [0, 0.1) is 12.8 Å². The highest BCUT2D eigenvalue weighted by Crippen LogP contribution is 2.50. The molecule has 2 amide bonds. The van der Waals surface area contributed by atoms with E-state index in [4.69, 9.17) is 4.74 Å². The van der Waals surface area contributed by atoms with Gasteiger partial charge in [0, 0.05) is 32.1 Å². The Morgan fingerprint density at radius 3 is 2.25 bits per heavy atom. The van der Waals surface area contributed by atoms with Gasteiger partial charge in [0.15, 0.2) is 0 Å². The molecule has 0 aromatic heterocycles. The molecule has 1 aromatic rings. The number of amides is 2. The molecule has 2 heterocycles. The first-order valence-corrected chi connectivity index (χ1v) is 10.7. The molecule has 3 fully saturated rings. The van der Waals surface area contributed by atoms with E-state index >= 15 is 0 Å². The van der Waals surface area contributed by atoms with Crippen molar-refractivity contribution in [2.45, 2.75) is 64.1 Å². The van der Waals surface area contributed by atoms with Crippen LogP contribution in [0.4, 0.5) is 0 Å². The Morgan fingerprint density at radius 1 is 1.04 bits per heavy atom. The number of nitrogens with zero attached hydrogens (tertiary/aromatic N) is 2. The molecule has 5 heteroatoms. The normalized spacial score (nSPS) is 27.5. The van der Waals surface area contributed by atoms with Crippen LogP contribution >= 0.6 is 0 Å². The van der Waals surface area contributed by atoms with Gasteiger partial charge in [-0.1, -0.05) is 29.8 Å². The van der Waals surface area contributed by atoms with Gasteiger partial charge in [-0.15, -0.1) is 0 Å². The van der Waals surface area contributed by atoms with E-state index in [-0.39, 0.29) is 35.4 Å². The van der Waals surface area contributed by atoms with Crippen LogP contribution in [0.1, 0.15) is 50.7 Å². The van der Waals surface area contributed by atoms with Crippen molar-refractivity contribution in [3.05, 3.63) is 35.4 Å². The SMILES string of the molecule is Cc1cccc(C2(C(=O)N3CCC(C(=O)N4CC(C)OC(C)C4)CC3)CC2)c1. The molecule has 152 valence electrons. The number of carbonyl (C=O) groups excluding carboxylic acids is 2. The van der Waals surface area contributed by atoms with E-state index in [1.165, 1.54) is 5.56 Å². The molecule has 2 saturated heterocycles. The summed E-state index contributed by atoms with van der Waals surface area (Å²) in [5.41, 5.74) is 2.06. The van der Waals surface area contributed by atoms with Gasteiger partial charge in [-0.2, -0.15) is 0 Å². The van der Waals surface area contributed by atoms with E-state index in [1.807, 2.05) is 29.7 Å². The zero-order valence-electron chi connectivity index (χ0n) is 17.3. The number of piperidine rings is 1. The molecular weight excluding hydrogens is 352 g/mol. The number of hydrogen-bond donors (Lipinski definition) is 0. The van der Waals surface area contributed by atoms with Crippen LogP contribution in [0.15, 0.2) is 24.3 Å². The maximum atomic E-state index is 13.3. The molecule has 0 N–H and O–H groups in total. The highest BCUT2D eigenvalue weighted by molar-refractivity contribution is 5.91. The van der Waals surface area contributed by atoms with E-state index in [0.29, 0.717) is 26.2 Å². The van der Waals surface area contributed by atoms with Crippen molar-refractivity contribution < 1.29 is 14.3 Å². The largest absolute Gasteiger partial charge is 0.372 e. The highest BCUT2D eigenvalue weighted by atomic mass is 16.5. The lowest BCUT2D eigenvalue weighted by Crippen LogP contribution is -2.52. The van der Waals surface area contributed by atoms with Gasteiger partial charge in [0.1, 0.15) is 0 Å². The lowest BCUT2D eigenvalue weighted by molar-refractivity contribution is -0.150. The van der Waals surface area contributed by atoms with Crippen molar-refractivity contribution in [3.8, 4) is 0 Å². The third kappa shape index (κ3) is 3.69. The molecule has 3 aliphatic rings. The van der Waals surface area contributed by atoms with E-state index in [9.17, 15) is 9.59 Å². The number of benzene rings is 1. The Labute approximate surface area is 168 Å². The molecule has 28 heavy (non-hydrogen) atoms. The second kappa shape index (κ2) is 7.51.